The summed E-state index contributed by atoms with van der Waals surface area (Å²) in [5.74, 6) is 0.554. The highest BCUT2D eigenvalue weighted by Gasteiger charge is 2.26. The van der Waals surface area contributed by atoms with Crippen molar-refractivity contribution in [1.82, 2.24) is 4.90 Å². The van der Waals surface area contributed by atoms with Gasteiger partial charge in [-0.15, -0.1) is 0 Å². The predicted octanol–water partition coefficient (Wildman–Crippen LogP) is 4.05. The molecular weight excluding hydrogens is 320 g/mol. The Morgan fingerprint density at radius 1 is 1.16 bits per heavy atom. The average molecular weight is 348 g/mol. The van der Waals surface area contributed by atoms with Crippen molar-refractivity contribution in [2.75, 3.05) is 25.5 Å². The molecule has 1 heterocycles. The van der Waals surface area contributed by atoms with Gasteiger partial charge in [0.25, 0.3) is 0 Å². The van der Waals surface area contributed by atoms with Crippen molar-refractivity contribution in [3.8, 4) is 0 Å². The minimum Gasteiger partial charge on any atom is -0.453 e. The lowest BCUT2D eigenvalue weighted by atomic mass is 9.90. The van der Waals surface area contributed by atoms with Crippen LogP contribution in [0.25, 0.3) is 0 Å². The highest BCUT2D eigenvalue weighted by molar-refractivity contribution is 5.84. The van der Waals surface area contributed by atoms with Crippen molar-refractivity contribution >= 4 is 17.9 Å². The van der Waals surface area contributed by atoms with Crippen molar-refractivity contribution < 1.29 is 19.1 Å². The molecule has 6 nitrogen and oxygen atoms in total. The lowest BCUT2D eigenvalue weighted by Crippen LogP contribution is -2.42. The number of likely N-dealkylation sites (tertiary alicyclic amines) is 1. The number of carbonyl (C=O) groups is 2. The molecule has 1 fully saturated rings. The highest BCUT2D eigenvalue weighted by atomic mass is 16.6. The lowest BCUT2D eigenvalue weighted by Gasteiger charge is -2.33. The largest absolute Gasteiger partial charge is 0.453 e. The van der Waals surface area contributed by atoms with E-state index in [-0.39, 0.29) is 6.09 Å². The van der Waals surface area contributed by atoms with E-state index in [9.17, 15) is 9.59 Å². The minimum absolute atomic E-state index is 0.218. The fourth-order valence-corrected chi connectivity index (χ4v) is 2.87. The first-order valence-corrected chi connectivity index (χ1v) is 8.68. The molecule has 0 spiro atoms. The smallest absolute Gasteiger partial charge is 0.411 e. The number of nitrogens with zero attached hydrogens (tertiary/aromatic N) is 1. The summed E-state index contributed by atoms with van der Waals surface area (Å²) in [5, 5.41) is 2.64. The van der Waals surface area contributed by atoms with Crippen LogP contribution in [-0.2, 0) is 15.9 Å². The molecule has 0 unspecified atom stereocenters. The molecule has 1 aliphatic heterocycles. The fraction of sp³-hybridized carbons (Fsp3) is 0.579. The molecule has 0 saturated carbocycles. The molecule has 0 radical (unpaired) electrons. The summed E-state index contributed by atoms with van der Waals surface area (Å²) in [6.45, 7) is 7.13. The summed E-state index contributed by atoms with van der Waals surface area (Å²) in [5.41, 5.74) is 1.50. The Hall–Kier alpha value is -2.24. The van der Waals surface area contributed by atoms with E-state index in [1.165, 1.54) is 12.7 Å². The van der Waals surface area contributed by atoms with Gasteiger partial charge in [-0.25, -0.2) is 9.59 Å². The van der Waals surface area contributed by atoms with Gasteiger partial charge in [-0.1, -0.05) is 12.1 Å². The van der Waals surface area contributed by atoms with E-state index in [1.807, 2.05) is 45.0 Å². The quantitative estimate of drug-likeness (QED) is 0.894. The molecule has 1 saturated heterocycles. The SMILES string of the molecule is COC(=O)Nc1ccc(CC2CCN(C(=O)OC(C)(C)C)CC2)cc1. The van der Waals surface area contributed by atoms with Gasteiger partial charge >= 0.3 is 12.2 Å². The Labute approximate surface area is 149 Å². The normalized spacial score (nSPS) is 15.6. The first-order valence-electron chi connectivity index (χ1n) is 8.68. The van der Waals surface area contributed by atoms with Gasteiger partial charge in [0.2, 0.25) is 0 Å². The molecule has 6 heteroatoms. The van der Waals surface area contributed by atoms with Crippen LogP contribution in [-0.4, -0.2) is 42.9 Å². The first-order chi connectivity index (χ1) is 11.8. The number of anilines is 1. The van der Waals surface area contributed by atoms with Crippen molar-refractivity contribution in [3.05, 3.63) is 29.8 Å². The summed E-state index contributed by atoms with van der Waals surface area (Å²) in [6.07, 6.45) is 2.23. The third-order valence-corrected chi connectivity index (χ3v) is 4.18. The van der Waals surface area contributed by atoms with Gasteiger partial charge in [-0.3, -0.25) is 5.32 Å². The maximum atomic E-state index is 12.1. The molecule has 1 N–H and O–H groups in total. The molecule has 0 aromatic heterocycles. The van der Waals surface area contributed by atoms with Gasteiger partial charge in [-0.05, 0) is 63.6 Å². The van der Waals surface area contributed by atoms with Crippen LogP contribution in [0.2, 0.25) is 0 Å². The van der Waals surface area contributed by atoms with Crippen LogP contribution < -0.4 is 5.32 Å². The Morgan fingerprint density at radius 2 is 1.76 bits per heavy atom. The third-order valence-electron chi connectivity index (χ3n) is 4.18. The molecule has 0 atom stereocenters. The minimum atomic E-state index is -0.470. The lowest BCUT2D eigenvalue weighted by molar-refractivity contribution is 0.0184. The number of hydrogen-bond donors (Lipinski definition) is 1. The van der Waals surface area contributed by atoms with Crippen LogP contribution in [0, 0.1) is 5.92 Å². The highest BCUT2D eigenvalue weighted by Crippen LogP contribution is 2.24. The van der Waals surface area contributed by atoms with E-state index in [2.05, 4.69) is 10.1 Å². The number of piperidine rings is 1. The van der Waals surface area contributed by atoms with Gasteiger partial charge in [0.05, 0.1) is 7.11 Å². The Bertz CT molecular complexity index is 584. The summed E-state index contributed by atoms with van der Waals surface area (Å²) < 4.78 is 10.00. The molecule has 0 aliphatic carbocycles. The van der Waals surface area contributed by atoms with Gasteiger partial charge in [0.15, 0.2) is 0 Å². The number of rotatable bonds is 3. The number of hydrogen-bond acceptors (Lipinski definition) is 4. The second-order valence-corrected chi connectivity index (χ2v) is 7.43. The molecule has 0 bridgehead atoms. The van der Waals surface area contributed by atoms with Crippen LogP contribution in [0.15, 0.2) is 24.3 Å². The van der Waals surface area contributed by atoms with E-state index >= 15 is 0 Å². The monoisotopic (exact) mass is 348 g/mol. The second-order valence-electron chi connectivity index (χ2n) is 7.43. The maximum Gasteiger partial charge on any atom is 0.411 e. The zero-order valence-electron chi connectivity index (χ0n) is 15.5. The number of amides is 2. The third kappa shape index (κ3) is 6.29. The Balaban J connectivity index is 1.80. The number of carbonyl (C=O) groups excluding carboxylic acids is 2. The zero-order valence-corrected chi connectivity index (χ0v) is 15.5. The number of methoxy groups -OCH3 is 1. The van der Waals surface area contributed by atoms with Crippen LogP contribution in [0.1, 0.15) is 39.2 Å². The van der Waals surface area contributed by atoms with Gasteiger partial charge in [0.1, 0.15) is 5.60 Å². The summed E-state index contributed by atoms with van der Waals surface area (Å²) in [7, 11) is 1.34. The van der Waals surface area contributed by atoms with Crippen molar-refractivity contribution in [2.45, 2.75) is 45.6 Å². The molecule has 1 aromatic carbocycles. The second kappa shape index (κ2) is 8.23. The molecule has 1 aromatic rings. The number of nitrogens with one attached hydrogen (secondary N) is 1. The molecule has 2 amide bonds. The van der Waals surface area contributed by atoms with E-state index < -0.39 is 11.7 Å². The van der Waals surface area contributed by atoms with E-state index in [0.717, 1.165) is 38.0 Å². The van der Waals surface area contributed by atoms with Crippen molar-refractivity contribution in [2.24, 2.45) is 5.92 Å². The van der Waals surface area contributed by atoms with Crippen LogP contribution in [0.3, 0.4) is 0 Å². The number of ether oxygens (including phenoxy) is 2. The molecule has 25 heavy (non-hydrogen) atoms. The molecule has 1 aliphatic rings. The summed E-state index contributed by atoms with van der Waals surface area (Å²) >= 11 is 0. The maximum absolute atomic E-state index is 12.1. The van der Waals surface area contributed by atoms with E-state index in [0.29, 0.717) is 5.92 Å². The topological polar surface area (TPSA) is 67.9 Å². The predicted molar refractivity (Wildman–Crippen MR) is 96.7 cm³/mol. The molecule has 2 rings (SSSR count). The molecule has 138 valence electrons. The van der Waals surface area contributed by atoms with Gasteiger partial charge < -0.3 is 14.4 Å². The van der Waals surface area contributed by atoms with Gasteiger partial charge in [-0.2, -0.15) is 0 Å². The standard InChI is InChI=1S/C19H28N2O4/c1-19(2,3)25-18(23)21-11-9-15(10-12-21)13-14-5-7-16(8-6-14)20-17(22)24-4/h5-8,15H,9-13H2,1-4H3,(H,20,22). The van der Waals surface area contributed by atoms with Crippen LogP contribution >= 0.6 is 0 Å². The summed E-state index contributed by atoms with van der Waals surface area (Å²) in [6, 6.07) is 7.79. The van der Waals surface area contributed by atoms with Crippen molar-refractivity contribution in [1.29, 1.82) is 0 Å². The first kappa shape index (κ1) is 19.1. The zero-order chi connectivity index (χ0) is 18.4. The fourth-order valence-electron chi connectivity index (χ4n) is 2.87. The summed E-state index contributed by atoms with van der Waals surface area (Å²) in [4.78, 5) is 25.1. The Morgan fingerprint density at radius 3 is 2.28 bits per heavy atom. The molecular formula is C19H28N2O4. The number of benzene rings is 1. The van der Waals surface area contributed by atoms with Crippen LogP contribution in [0.5, 0.6) is 0 Å². The van der Waals surface area contributed by atoms with Gasteiger partial charge in [0, 0.05) is 18.8 Å². The van der Waals surface area contributed by atoms with E-state index in [4.69, 9.17) is 4.74 Å². The van der Waals surface area contributed by atoms with Crippen molar-refractivity contribution in [3.63, 3.8) is 0 Å². The van der Waals surface area contributed by atoms with Crippen LogP contribution in [0.4, 0.5) is 15.3 Å². The average Bonchev–Trinajstić information content (AvgIpc) is 2.55. The van der Waals surface area contributed by atoms with E-state index in [1.54, 1.807) is 4.90 Å². The Kier molecular flexibility index (Phi) is 6.28.